The minimum Gasteiger partial charge on any atom is -0.497 e. The molecule has 0 unspecified atom stereocenters. The summed E-state index contributed by atoms with van der Waals surface area (Å²) in [4.78, 5) is 24.6. The Bertz CT molecular complexity index is 1060. The number of rotatable bonds is 7. The molecular weight excluding hydrogens is 440 g/mol. The lowest BCUT2D eigenvalue weighted by atomic mass is 9.49. The molecule has 35 heavy (non-hydrogen) atoms. The largest absolute Gasteiger partial charge is 0.497 e. The van der Waals surface area contributed by atoms with Gasteiger partial charge in [0.2, 0.25) is 5.91 Å². The lowest BCUT2D eigenvalue weighted by molar-refractivity contribution is -0.124. The van der Waals surface area contributed by atoms with Gasteiger partial charge in [-0.15, -0.1) is 0 Å². The normalized spacial score (nSPS) is 29.0. The number of ether oxygens (including phenoxy) is 2. The zero-order valence-corrected chi connectivity index (χ0v) is 20.9. The minimum atomic E-state index is 0.138. The number of anilines is 1. The van der Waals surface area contributed by atoms with Crippen LogP contribution in [0.25, 0.3) is 0 Å². The number of hydrogen-bond acceptors (Lipinski definition) is 6. The molecule has 1 amide bonds. The summed E-state index contributed by atoms with van der Waals surface area (Å²) in [5.74, 6) is 5.02. The van der Waals surface area contributed by atoms with Crippen molar-refractivity contribution in [3.05, 3.63) is 41.3 Å². The van der Waals surface area contributed by atoms with Crippen molar-refractivity contribution in [1.29, 1.82) is 0 Å². The number of fused-ring (bicyclic) bond motifs is 1. The summed E-state index contributed by atoms with van der Waals surface area (Å²) >= 11 is 0. The van der Waals surface area contributed by atoms with Gasteiger partial charge in [0, 0.05) is 37.7 Å². The number of amides is 1. The van der Waals surface area contributed by atoms with Crippen molar-refractivity contribution in [1.82, 2.24) is 14.9 Å². The molecule has 2 aromatic rings. The van der Waals surface area contributed by atoms with Gasteiger partial charge < -0.3 is 14.8 Å². The van der Waals surface area contributed by atoms with Gasteiger partial charge in [-0.25, -0.2) is 9.97 Å². The molecule has 1 aromatic carbocycles. The maximum Gasteiger partial charge on any atom is 0.226 e. The molecule has 7 heteroatoms. The average Bonchev–Trinajstić information content (AvgIpc) is 2.82. The Kier molecular flexibility index (Phi) is 5.91. The van der Waals surface area contributed by atoms with Crippen LogP contribution in [0.2, 0.25) is 0 Å². The lowest BCUT2D eigenvalue weighted by Gasteiger charge is -2.56. The molecule has 4 saturated carbocycles. The Hall–Kier alpha value is -2.67. The molecule has 2 heterocycles. The Morgan fingerprint density at radius 2 is 1.69 bits per heavy atom. The number of nitrogens with zero attached hydrogens (tertiary/aromatic N) is 3. The summed E-state index contributed by atoms with van der Waals surface area (Å²) in [5, 5.41) is 3.20. The Morgan fingerprint density at radius 1 is 1.03 bits per heavy atom. The van der Waals surface area contributed by atoms with Crippen molar-refractivity contribution < 1.29 is 14.3 Å². The third-order valence-electron chi connectivity index (χ3n) is 8.86. The molecule has 0 radical (unpaired) electrons. The zero-order chi connectivity index (χ0) is 24.0. The number of nitrogens with one attached hydrogen (secondary N) is 1. The van der Waals surface area contributed by atoms with Crippen LogP contribution >= 0.6 is 0 Å². The molecule has 5 aliphatic rings. The first kappa shape index (κ1) is 22.8. The van der Waals surface area contributed by atoms with E-state index in [-0.39, 0.29) is 11.3 Å². The molecule has 0 atom stereocenters. The van der Waals surface area contributed by atoms with Gasteiger partial charge in [-0.3, -0.25) is 9.69 Å². The molecule has 0 spiro atoms. The predicted molar refractivity (Wildman–Crippen MR) is 133 cm³/mol. The van der Waals surface area contributed by atoms with E-state index in [2.05, 4.69) is 20.2 Å². The standard InChI is InChI=1S/C28H36N4O3/c1-34-22-8-21(9-23(10-22)35-2)15-32-4-3-24-25(16-32)29-17-30-27(24)31-26(33)14-28-11-18-5-19(12-28)7-20(6-18)13-28/h8-10,17-20H,3-7,11-16H2,1-2H3,(H,29,30,31,33). The van der Waals surface area contributed by atoms with Crippen LogP contribution in [0.4, 0.5) is 5.82 Å². The van der Waals surface area contributed by atoms with E-state index in [1.807, 2.05) is 18.2 Å². The molecule has 1 N–H and O–H groups in total. The van der Waals surface area contributed by atoms with Crippen LogP contribution < -0.4 is 14.8 Å². The van der Waals surface area contributed by atoms with Crippen LogP contribution in [-0.4, -0.2) is 41.5 Å². The predicted octanol–water partition coefficient (Wildman–Crippen LogP) is 4.60. The van der Waals surface area contributed by atoms with Crippen LogP contribution in [0, 0.1) is 23.2 Å². The quantitative estimate of drug-likeness (QED) is 0.630. The second-order valence-electron chi connectivity index (χ2n) is 11.5. The first-order chi connectivity index (χ1) is 17.0. The van der Waals surface area contributed by atoms with E-state index in [1.54, 1.807) is 20.5 Å². The van der Waals surface area contributed by atoms with Crippen LogP contribution in [0.15, 0.2) is 24.5 Å². The fourth-order valence-electron chi connectivity index (χ4n) is 7.89. The van der Waals surface area contributed by atoms with Crippen molar-refractivity contribution >= 4 is 11.7 Å². The first-order valence-electron chi connectivity index (χ1n) is 13.1. The van der Waals surface area contributed by atoms with E-state index in [9.17, 15) is 4.79 Å². The van der Waals surface area contributed by atoms with Gasteiger partial charge in [0.05, 0.1) is 19.9 Å². The molecule has 4 fully saturated rings. The highest BCUT2D eigenvalue weighted by molar-refractivity contribution is 5.91. The summed E-state index contributed by atoms with van der Waals surface area (Å²) in [6.07, 6.45) is 11.0. The van der Waals surface area contributed by atoms with Crippen LogP contribution in [0.1, 0.15) is 61.8 Å². The number of methoxy groups -OCH3 is 2. The maximum atomic E-state index is 13.2. The summed E-state index contributed by atoms with van der Waals surface area (Å²) in [5.41, 5.74) is 3.47. The Balaban J connectivity index is 1.12. The van der Waals surface area contributed by atoms with Crippen molar-refractivity contribution in [2.45, 2.75) is 64.5 Å². The molecule has 4 aliphatic carbocycles. The van der Waals surface area contributed by atoms with E-state index in [1.165, 1.54) is 38.5 Å². The Labute approximate surface area is 207 Å². The molecule has 186 valence electrons. The first-order valence-corrected chi connectivity index (χ1v) is 13.1. The SMILES string of the molecule is COc1cc(CN2CCc3c(ncnc3NC(=O)CC34CC5CC(CC(C5)C3)C4)C2)cc(OC)c1. The number of carbonyl (C=O) groups excluding carboxylic acids is 1. The van der Waals surface area contributed by atoms with Gasteiger partial charge in [0.25, 0.3) is 0 Å². The highest BCUT2D eigenvalue weighted by atomic mass is 16.5. The molecule has 0 saturated heterocycles. The molecule has 7 nitrogen and oxygen atoms in total. The maximum absolute atomic E-state index is 13.2. The molecular formula is C28H36N4O3. The summed E-state index contributed by atoms with van der Waals surface area (Å²) in [6.45, 7) is 2.40. The number of benzene rings is 1. The van der Waals surface area contributed by atoms with E-state index in [4.69, 9.17) is 9.47 Å². The van der Waals surface area contributed by atoms with Gasteiger partial charge in [-0.1, -0.05) is 0 Å². The van der Waals surface area contributed by atoms with Crippen molar-refractivity contribution in [3.63, 3.8) is 0 Å². The molecule has 7 rings (SSSR count). The summed E-state index contributed by atoms with van der Waals surface area (Å²) in [7, 11) is 3.34. The highest BCUT2D eigenvalue weighted by Crippen LogP contribution is 2.61. The van der Waals surface area contributed by atoms with E-state index < -0.39 is 0 Å². The monoisotopic (exact) mass is 476 g/mol. The Morgan fingerprint density at radius 3 is 2.31 bits per heavy atom. The smallest absolute Gasteiger partial charge is 0.226 e. The molecule has 4 bridgehead atoms. The number of aromatic nitrogens is 2. The summed E-state index contributed by atoms with van der Waals surface area (Å²) < 4.78 is 10.8. The van der Waals surface area contributed by atoms with Crippen LogP contribution in [-0.2, 0) is 24.3 Å². The van der Waals surface area contributed by atoms with Gasteiger partial charge in [-0.2, -0.15) is 0 Å². The zero-order valence-electron chi connectivity index (χ0n) is 20.9. The second-order valence-corrected chi connectivity index (χ2v) is 11.5. The van der Waals surface area contributed by atoms with Gasteiger partial charge in [0.1, 0.15) is 23.6 Å². The van der Waals surface area contributed by atoms with E-state index >= 15 is 0 Å². The van der Waals surface area contributed by atoms with Gasteiger partial charge in [-0.05, 0) is 85.8 Å². The summed E-state index contributed by atoms with van der Waals surface area (Å²) in [6, 6.07) is 5.99. The fraction of sp³-hybridized carbons (Fsp3) is 0.607. The average molecular weight is 477 g/mol. The third-order valence-corrected chi connectivity index (χ3v) is 8.86. The van der Waals surface area contributed by atoms with Crippen molar-refractivity contribution in [2.24, 2.45) is 23.2 Å². The molecule has 1 aliphatic heterocycles. The van der Waals surface area contributed by atoms with Crippen LogP contribution in [0.5, 0.6) is 11.5 Å². The molecule has 1 aromatic heterocycles. The van der Waals surface area contributed by atoms with Gasteiger partial charge in [0.15, 0.2) is 0 Å². The van der Waals surface area contributed by atoms with Crippen molar-refractivity contribution in [2.75, 3.05) is 26.1 Å². The minimum absolute atomic E-state index is 0.138. The topological polar surface area (TPSA) is 76.6 Å². The van der Waals surface area contributed by atoms with E-state index in [0.29, 0.717) is 12.2 Å². The fourth-order valence-corrected chi connectivity index (χ4v) is 7.89. The van der Waals surface area contributed by atoms with Gasteiger partial charge >= 0.3 is 0 Å². The highest BCUT2D eigenvalue weighted by Gasteiger charge is 2.51. The van der Waals surface area contributed by atoms with Crippen LogP contribution in [0.3, 0.4) is 0 Å². The number of hydrogen-bond donors (Lipinski definition) is 1. The lowest BCUT2D eigenvalue weighted by Crippen LogP contribution is -2.47. The third kappa shape index (κ3) is 4.63. The van der Waals surface area contributed by atoms with Crippen molar-refractivity contribution in [3.8, 4) is 11.5 Å². The number of carbonyl (C=O) groups is 1. The van der Waals surface area contributed by atoms with E-state index in [0.717, 1.165) is 72.1 Å². The second kappa shape index (κ2) is 9.08.